The number of fused-ring (bicyclic) bond motifs is 1. The number of nitrogens with one attached hydrogen (secondary N) is 1. The Bertz CT molecular complexity index is 610. The summed E-state index contributed by atoms with van der Waals surface area (Å²) in [5.41, 5.74) is 7.48. The van der Waals surface area contributed by atoms with Gasteiger partial charge in [0.05, 0.1) is 11.0 Å². The summed E-state index contributed by atoms with van der Waals surface area (Å²) in [5, 5.41) is 0. The molecule has 2 aromatic rings. The molecule has 3 N–H and O–H groups in total. The normalized spacial score (nSPS) is 14.8. The third-order valence-electron chi connectivity index (χ3n) is 3.57. The minimum Gasteiger partial charge on any atom is -0.459 e. The van der Waals surface area contributed by atoms with Crippen molar-refractivity contribution >= 4 is 17.0 Å². The molecule has 0 radical (unpaired) electrons. The predicted octanol–water partition coefficient (Wildman–Crippen LogP) is 2.80. The van der Waals surface area contributed by atoms with E-state index in [0.29, 0.717) is 0 Å². The summed E-state index contributed by atoms with van der Waals surface area (Å²) in [5.74, 6) is 0.608. The van der Waals surface area contributed by atoms with Crippen LogP contribution < -0.4 is 5.73 Å². The van der Waals surface area contributed by atoms with Crippen LogP contribution in [-0.2, 0) is 16.0 Å². The highest BCUT2D eigenvalue weighted by atomic mass is 16.6. The Morgan fingerprint density at radius 3 is 2.68 bits per heavy atom. The molecule has 0 saturated heterocycles. The van der Waals surface area contributed by atoms with Crippen LogP contribution in [0.4, 0.5) is 0 Å². The van der Waals surface area contributed by atoms with Crippen molar-refractivity contribution in [2.75, 3.05) is 0 Å². The number of ether oxygens (including phenoxy) is 1. The number of nitrogens with two attached hydrogens (primary N) is 1. The molecule has 1 aromatic carbocycles. The number of aryl methyl sites for hydroxylation is 1. The minimum atomic E-state index is -0.608. The standard InChI is InChI=1S/C17H25N3O2/c1-11(15(18)16(21)22-17(2,3)4)9-10-14-19-12-7-5-6-8-13(12)20-14/h5-8,11,15H,9-10,18H2,1-4H3,(H,19,20). The van der Waals surface area contributed by atoms with Crippen molar-refractivity contribution in [2.45, 2.75) is 52.2 Å². The number of hydrogen-bond donors (Lipinski definition) is 2. The maximum atomic E-state index is 12.0. The molecule has 1 heterocycles. The summed E-state index contributed by atoms with van der Waals surface area (Å²) in [6, 6.07) is 7.32. The number of hydrogen-bond acceptors (Lipinski definition) is 4. The molecule has 22 heavy (non-hydrogen) atoms. The summed E-state index contributed by atoms with van der Waals surface area (Å²) < 4.78 is 5.33. The van der Waals surface area contributed by atoms with Crippen LogP contribution in [0.3, 0.4) is 0 Å². The molecule has 2 atom stereocenters. The van der Waals surface area contributed by atoms with Crippen LogP contribution in [0.15, 0.2) is 24.3 Å². The molecule has 120 valence electrons. The fourth-order valence-electron chi connectivity index (χ4n) is 2.27. The molecule has 0 amide bonds. The van der Waals surface area contributed by atoms with Crippen molar-refractivity contribution in [2.24, 2.45) is 11.7 Å². The lowest BCUT2D eigenvalue weighted by atomic mass is 9.97. The van der Waals surface area contributed by atoms with Crippen molar-refractivity contribution in [1.29, 1.82) is 0 Å². The third kappa shape index (κ3) is 4.31. The molecule has 2 unspecified atom stereocenters. The maximum absolute atomic E-state index is 12.0. The summed E-state index contributed by atoms with van der Waals surface area (Å²) in [4.78, 5) is 19.8. The largest absolute Gasteiger partial charge is 0.459 e. The van der Waals surface area contributed by atoms with Gasteiger partial charge in [0.1, 0.15) is 17.5 Å². The number of carbonyl (C=O) groups is 1. The molecule has 5 nitrogen and oxygen atoms in total. The molecular formula is C17H25N3O2. The van der Waals surface area contributed by atoms with E-state index < -0.39 is 11.6 Å². The van der Waals surface area contributed by atoms with Gasteiger partial charge in [0.2, 0.25) is 0 Å². The number of benzene rings is 1. The Balaban J connectivity index is 1.91. The number of imidazole rings is 1. The topological polar surface area (TPSA) is 81.0 Å². The molecule has 0 aliphatic carbocycles. The van der Waals surface area contributed by atoms with Gasteiger partial charge in [-0.05, 0) is 45.2 Å². The van der Waals surface area contributed by atoms with Gasteiger partial charge in [0.15, 0.2) is 0 Å². The van der Waals surface area contributed by atoms with E-state index in [-0.39, 0.29) is 11.9 Å². The number of aromatic amines is 1. The molecule has 0 saturated carbocycles. The van der Waals surface area contributed by atoms with Crippen LogP contribution in [0.25, 0.3) is 11.0 Å². The Morgan fingerprint density at radius 2 is 2.05 bits per heavy atom. The first kappa shape index (κ1) is 16.5. The van der Waals surface area contributed by atoms with E-state index in [4.69, 9.17) is 10.5 Å². The number of carbonyl (C=O) groups excluding carboxylic acids is 1. The molecule has 0 bridgehead atoms. The fourth-order valence-corrected chi connectivity index (χ4v) is 2.27. The Labute approximate surface area is 131 Å². The lowest BCUT2D eigenvalue weighted by molar-refractivity contribution is -0.157. The van der Waals surface area contributed by atoms with Crippen LogP contribution in [0.5, 0.6) is 0 Å². The van der Waals surface area contributed by atoms with Crippen molar-refractivity contribution in [3.63, 3.8) is 0 Å². The van der Waals surface area contributed by atoms with Crippen LogP contribution >= 0.6 is 0 Å². The van der Waals surface area contributed by atoms with Crippen LogP contribution in [-0.4, -0.2) is 27.6 Å². The van der Waals surface area contributed by atoms with Crippen molar-refractivity contribution in [1.82, 2.24) is 9.97 Å². The van der Waals surface area contributed by atoms with Crippen molar-refractivity contribution in [3.8, 4) is 0 Å². The highest BCUT2D eigenvalue weighted by molar-refractivity contribution is 5.76. The second-order valence-electron chi connectivity index (χ2n) is 6.78. The zero-order valence-corrected chi connectivity index (χ0v) is 13.7. The van der Waals surface area contributed by atoms with E-state index in [9.17, 15) is 4.79 Å². The van der Waals surface area contributed by atoms with E-state index in [1.807, 2.05) is 52.0 Å². The van der Waals surface area contributed by atoms with Gasteiger partial charge in [-0.15, -0.1) is 0 Å². The summed E-state index contributed by atoms with van der Waals surface area (Å²) in [6.07, 6.45) is 1.53. The second kappa shape index (κ2) is 6.48. The van der Waals surface area contributed by atoms with Gasteiger partial charge < -0.3 is 15.5 Å². The molecule has 0 aliphatic rings. The SMILES string of the molecule is CC(CCc1nc2ccccc2[nH]1)C(N)C(=O)OC(C)(C)C. The third-order valence-corrected chi connectivity index (χ3v) is 3.57. The van der Waals surface area contributed by atoms with Crippen LogP contribution in [0.2, 0.25) is 0 Å². The summed E-state index contributed by atoms with van der Waals surface area (Å²) >= 11 is 0. The van der Waals surface area contributed by atoms with Gasteiger partial charge in [-0.3, -0.25) is 4.79 Å². The highest BCUT2D eigenvalue weighted by Gasteiger charge is 2.26. The van der Waals surface area contributed by atoms with E-state index in [1.54, 1.807) is 0 Å². The lowest BCUT2D eigenvalue weighted by Gasteiger charge is -2.24. The lowest BCUT2D eigenvalue weighted by Crippen LogP contribution is -2.41. The van der Waals surface area contributed by atoms with Crippen LogP contribution in [0.1, 0.15) is 39.9 Å². The first-order chi connectivity index (χ1) is 10.3. The van der Waals surface area contributed by atoms with Crippen molar-refractivity contribution < 1.29 is 9.53 Å². The van der Waals surface area contributed by atoms with E-state index in [1.165, 1.54) is 0 Å². The van der Waals surface area contributed by atoms with Crippen molar-refractivity contribution in [3.05, 3.63) is 30.1 Å². The summed E-state index contributed by atoms with van der Waals surface area (Å²) in [6.45, 7) is 7.50. The quantitative estimate of drug-likeness (QED) is 0.832. The number of nitrogens with zero attached hydrogens (tertiary/aromatic N) is 1. The monoisotopic (exact) mass is 303 g/mol. The highest BCUT2D eigenvalue weighted by Crippen LogP contribution is 2.17. The Morgan fingerprint density at radius 1 is 1.36 bits per heavy atom. The first-order valence-electron chi connectivity index (χ1n) is 7.68. The summed E-state index contributed by atoms with van der Waals surface area (Å²) in [7, 11) is 0. The number of rotatable bonds is 5. The smallest absolute Gasteiger partial charge is 0.323 e. The molecule has 0 aliphatic heterocycles. The second-order valence-corrected chi connectivity index (χ2v) is 6.78. The molecule has 1 aromatic heterocycles. The van der Waals surface area contributed by atoms with Gasteiger partial charge in [-0.25, -0.2) is 4.98 Å². The zero-order valence-electron chi connectivity index (χ0n) is 13.7. The van der Waals surface area contributed by atoms with Gasteiger partial charge in [-0.1, -0.05) is 19.1 Å². The Kier molecular flexibility index (Phi) is 4.86. The maximum Gasteiger partial charge on any atom is 0.323 e. The van der Waals surface area contributed by atoms with E-state index >= 15 is 0 Å². The molecular weight excluding hydrogens is 278 g/mol. The predicted molar refractivity (Wildman–Crippen MR) is 87.4 cm³/mol. The average molecular weight is 303 g/mol. The molecule has 2 rings (SSSR count). The average Bonchev–Trinajstić information content (AvgIpc) is 2.84. The molecule has 0 spiro atoms. The van der Waals surface area contributed by atoms with Gasteiger partial charge in [0.25, 0.3) is 0 Å². The van der Waals surface area contributed by atoms with Gasteiger partial charge >= 0.3 is 5.97 Å². The number of para-hydroxylation sites is 2. The number of aromatic nitrogens is 2. The number of H-pyrrole nitrogens is 1. The van der Waals surface area contributed by atoms with E-state index in [0.717, 1.165) is 29.7 Å². The molecule has 0 fully saturated rings. The molecule has 5 heteroatoms. The van der Waals surface area contributed by atoms with Gasteiger partial charge in [0, 0.05) is 6.42 Å². The Hall–Kier alpha value is -1.88. The first-order valence-corrected chi connectivity index (χ1v) is 7.68. The fraction of sp³-hybridized carbons (Fsp3) is 0.529. The van der Waals surface area contributed by atoms with E-state index in [2.05, 4.69) is 9.97 Å². The zero-order chi connectivity index (χ0) is 16.3. The van der Waals surface area contributed by atoms with Crippen LogP contribution in [0, 0.1) is 5.92 Å². The van der Waals surface area contributed by atoms with Gasteiger partial charge in [-0.2, -0.15) is 0 Å². The number of esters is 1. The minimum absolute atomic E-state index is 0.0306.